The molecule has 3 rings (SSSR count). The Kier molecular flexibility index (Phi) is 8.16. The predicted molar refractivity (Wildman–Crippen MR) is 132 cm³/mol. The second-order valence-electron chi connectivity index (χ2n) is 10.9. The number of likely N-dealkylation sites (tertiary alicyclic amines) is 1. The lowest BCUT2D eigenvalue weighted by Crippen LogP contribution is -2.60. The van der Waals surface area contributed by atoms with E-state index in [-0.39, 0.29) is 25.0 Å². The molecule has 1 spiro atoms. The number of hydrogen-bond acceptors (Lipinski definition) is 6. The van der Waals surface area contributed by atoms with Crippen LogP contribution in [-0.2, 0) is 23.9 Å². The lowest BCUT2D eigenvalue weighted by atomic mass is 9.65. The largest absolute Gasteiger partial charge is 0.465 e. The zero-order chi connectivity index (χ0) is 26.0. The minimum atomic E-state index is -1.07. The standard InChI is InChI=1S/C27H42N2O6/c1-7-10-18-34-24(33)20-19-22(31)28(16-11-12-17-30)21(23(32)29(15-8-2)25(4,5)6)27(19)14-13-26(20,9-3)35-27/h7-8,19-21,30H,1-2,9-18H2,3-6H3/t19-,20+,21?,26-,27?/m0/s1. The van der Waals surface area contributed by atoms with Gasteiger partial charge in [0, 0.05) is 25.2 Å². The maximum atomic E-state index is 14.2. The normalized spacial score (nSPS) is 31.4. The Morgan fingerprint density at radius 3 is 2.54 bits per heavy atom. The summed E-state index contributed by atoms with van der Waals surface area (Å²) in [6, 6.07) is -0.836. The fraction of sp³-hybridized carbons (Fsp3) is 0.741. The van der Waals surface area contributed by atoms with Crippen LogP contribution in [0.15, 0.2) is 25.3 Å². The van der Waals surface area contributed by atoms with Gasteiger partial charge in [-0.1, -0.05) is 19.1 Å². The minimum Gasteiger partial charge on any atom is -0.465 e. The van der Waals surface area contributed by atoms with Crippen LogP contribution in [0.2, 0.25) is 0 Å². The Labute approximate surface area is 209 Å². The van der Waals surface area contributed by atoms with Crippen LogP contribution in [0.25, 0.3) is 0 Å². The van der Waals surface area contributed by atoms with Gasteiger partial charge in [-0.2, -0.15) is 0 Å². The highest BCUT2D eigenvalue weighted by Gasteiger charge is 2.79. The lowest BCUT2D eigenvalue weighted by Gasteiger charge is -2.42. The van der Waals surface area contributed by atoms with Gasteiger partial charge in [0.15, 0.2) is 0 Å². The van der Waals surface area contributed by atoms with Crippen molar-refractivity contribution in [2.45, 2.75) is 89.0 Å². The number of ether oxygens (including phenoxy) is 2. The summed E-state index contributed by atoms with van der Waals surface area (Å²) in [7, 11) is 0. The summed E-state index contributed by atoms with van der Waals surface area (Å²) >= 11 is 0. The number of esters is 1. The second-order valence-corrected chi connectivity index (χ2v) is 10.9. The number of hydrogen-bond donors (Lipinski definition) is 1. The predicted octanol–water partition coefficient (Wildman–Crippen LogP) is 2.85. The minimum absolute atomic E-state index is 0.00744. The molecule has 8 nitrogen and oxygen atoms in total. The van der Waals surface area contributed by atoms with Crippen molar-refractivity contribution in [1.29, 1.82) is 0 Å². The highest BCUT2D eigenvalue weighted by molar-refractivity contribution is 5.98. The average molecular weight is 491 g/mol. The number of carbonyl (C=O) groups is 3. The van der Waals surface area contributed by atoms with E-state index in [1.165, 1.54) is 0 Å². The summed E-state index contributed by atoms with van der Waals surface area (Å²) in [6.07, 6.45) is 6.65. The van der Waals surface area contributed by atoms with E-state index in [1.54, 1.807) is 22.0 Å². The van der Waals surface area contributed by atoms with E-state index in [9.17, 15) is 19.5 Å². The van der Waals surface area contributed by atoms with Crippen LogP contribution in [0, 0.1) is 11.8 Å². The fourth-order valence-electron chi connectivity index (χ4n) is 6.29. The molecular weight excluding hydrogens is 448 g/mol. The summed E-state index contributed by atoms with van der Waals surface area (Å²) in [5, 5.41) is 9.31. The van der Waals surface area contributed by atoms with E-state index < -0.39 is 40.6 Å². The van der Waals surface area contributed by atoms with Crippen LogP contribution in [-0.4, -0.2) is 81.8 Å². The van der Waals surface area contributed by atoms with E-state index in [0.29, 0.717) is 51.6 Å². The van der Waals surface area contributed by atoms with E-state index in [0.717, 1.165) is 0 Å². The first-order valence-corrected chi connectivity index (χ1v) is 12.9. The van der Waals surface area contributed by atoms with E-state index in [2.05, 4.69) is 13.2 Å². The van der Waals surface area contributed by atoms with Crippen LogP contribution in [0.5, 0.6) is 0 Å². The van der Waals surface area contributed by atoms with Crippen LogP contribution >= 0.6 is 0 Å². The SMILES string of the molecule is C=CCCOC(=O)[C@H]1[C@H]2C(=O)N(CCCCO)C(C(=O)N(CC=C)C(C)(C)C)C23CC[C@]1(CC)O3. The molecular formula is C27H42N2O6. The summed E-state index contributed by atoms with van der Waals surface area (Å²) < 4.78 is 12.3. The molecule has 3 saturated heterocycles. The molecule has 0 aromatic carbocycles. The van der Waals surface area contributed by atoms with Crippen LogP contribution in [0.3, 0.4) is 0 Å². The molecule has 2 unspecified atom stereocenters. The van der Waals surface area contributed by atoms with Crippen LogP contribution in [0.1, 0.15) is 66.2 Å². The Hall–Kier alpha value is -2.19. The van der Waals surface area contributed by atoms with Crippen molar-refractivity contribution < 1.29 is 29.0 Å². The molecule has 5 atom stereocenters. The van der Waals surface area contributed by atoms with Gasteiger partial charge in [-0.3, -0.25) is 14.4 Å². The Morgan fingerprint density at radius 1 is 1.26 bits per heavy atom. The molecule has 35 heavy (non-hydrogen) atoms. The highest BCUT2D eigenvalue weighted by Crippen LogP contribution is 2.64. The van der Waals surface area contributed by atoms with Crippen LogP contribution < -0.4 is 0 Å². The Bertz CT molecular complexity index is 851. The van der Waals surface area contributed by atoms with E-state index >= 15 is 0 Å². The third-order valence-corrected chi connectivity index (χ3v) is 7.93. The van der Waals surface area contributed by atoms with Gasteiger partial charge in [-0.25, -0.2) is 0 Å². The molecule has 3 fully saturated rings. The molecule has 0 radical (unpaired) electrons. The number of rotatable bonds is 12. The molecule has 1 N–H and O–H groups in total. The van der Waals surface area contributed by atoms with Crippen molar-refractivity contribution in [3.05, 3.63) is 25.3 Å². The number of aliphatic hydroxyl groups excluding tert-OH is 1. The Morgan fingerprint density at radius 2 is 1.97 bits per heavy atom. The molecule has 196 valence electrons. The maximum absolute atomic E-state index is 14.2. The first-order chi connectivity index (χ1) is 16.5. The van der Waals surface area contributed by atoms with Crippen molar-refractivity contribution in [2.24, 2.45) is 11.8 Å². The average Bonchev–Trinajstić information content (AvgIpc) is 3.40. The molecule has 0 saturated carbocycles. The van der Waals surface area contributed by atoms with E-state index in [4.69, 9.17) is 9.47 Å². The molecule has 2 bridgehead atoms. The van der Waals surface area contributed by atoms with E-state index in [1.807, 2.05) is 27.7 Å². The summed E-state index contributed by atoms with van der Waals surface area (Å²) in [5.74, 6) is -2.37. The molecule has 8 heteroatoms. The quantitative estimate of drug-likeness (QED) is 0.257. The first-order valence-electron chi connectivity index (χ1n) is 12.9. The molecule has 0 aliphatic carbocycles. The smallest absolute Gasteiger partial charge is 0.312 e. The summed E-state index contributed by atoms with van der Waals surface area (Å²) in [5.41, 5.74) is -2.38. The molecule has 3 aliphatic heterocycles. The molecule has 3 heterocycles. The van der Waals surface area contributed by atoms with Crippen molar-refractivity contribution in [2.75, 3.05) is 26.3 Å². The third kappa shape index (κ3) is 4.55. The maximum Gasteiger partial charge on any atom is 0.312 e. The fourth-order valence-corrected chi connectivity index (χ4v) is 6.29. The topological polar surface area (TPSA) is 96.4 Å². The number of nitrogens with zero attached hydrogens (tertiary/aromatic N) is 2. The summed E-state index contributed by atoms with van der Waals surface area (Å²) in [4.78, 5) is 44.9. The second kappa shape index (κ2) is 10.4. The molecule has 0 aromatic rings. The van der Waals surface area contributed by atoms with Crippen LogP contribution in [0.4, 0.5) is 0 Å². The molecule has 2 amide bonds. The van der Waals surface area contributed by atoms with Crippen molar-refractivity contribution in [3.8, 4) is 0 Å². The lowest BCUT2D eigenvalue weighted by molar-refractivity contribution is -0.162. The molecule has 3 aliphatic rings. The monoisotopic (exact) mass is 490 g/mol. The number of unbranched alkanes of at least 4 members (excludes halogenated alkanes) is 1. The van der Waals surface area contributed by atoms with Gasteiger partial charge in [0.2, 0.25) is 11.8 Å². The van der Waals surface area contributed by atoms with Gasteiger partial charge < -0.3 is 24.4 Å². The number of carbonyl (C=O) groups excluding carboxylic acids is 3. The number of amides is 2. The van der Waals surface area contributed by atoms with Crippen molar-refractivity contribution in [1.82, 2.24) is 9.80 Å². The first kappa shape index (κ1) is 27.4. The third-order valence-electron chi connectivity index (χ3n) is 7.93. The van der Waals surface area contributed by atoms with Gasteiger partial charge in [0.25, 0.3) is 0 Å². The Balaban J connectivity index is 2.06. The van der Waals surface area contributed by atoms with Gasteiger partial charge in [0.05, 0.1) is 18.1 Å². The van der Waals surface area contributed by atoms with Gasteiger partial charge >= 0.3 is 5.97 Å². The molecule has 0 aromatic heterocycles. The van der Waals surface area contributed by atoms with Crippen molar-refractivity contribution >= 4 is 17.8 Å². The van der Waals surface area contributed by atoms with Gasteiger partial charge in [0.1, 0.15) is 17.6 Å². The van der Waals surface area contributed by atoms with Gasteiger partial charge in [-0.05, 0) is 59.3 Å². The van der Waals surface area contributed by atoms with Crippen molar-refractivity contribution in [3.63, 3.8) is 0 Å². The summed E-state index contributed by atoms with van der Waals surface area (Å²) in [6.45, 7) is 16.2. The van der Waals surface area contributed by atoms with Gasteiger partial charge in [-0.15, -0.1) is 13.2 Å². The zero-order valence-corrected chi connectivity index (χ0v) is 21.8. The zero-order valence-electron chi connectivity index (χ0n) is 21.8. The number of fused-ring (bicyclic) bond motifs is 1. The number of aliphatic hydroxyl groups is 1. The highest BCUT2D eigenvalue weighted by atomic mass is 16.6.